The maximum atomic E-state index is 11.9. The van der Waals surface area contributed by atoms with E-state index in [1.54, 1.807) is 0 Å². The molecule has 0 spiro atoms. The molecule has 1 rings (SSSR count). The van der Waals surface area contributed by atoms with Crippen molar-refractivity contribution in [2.45, 2.75) is 37.8 Å². The molecule has 0 aromatic carbocycles. The van der Waals surface area contributed by atoms with Gasteiger partial charge in [0.25, 0.3) is 0 Å². The monoisotopic (exact) mass is 161 g/mol. The number of nitrogens with two attached hydrogens (primary N) is 1. The highest BCUT2D eigenvalue weighted by molar-refractivity contribution is 4.81. The lowest BCUT2D eigenvalue weighted by molar-refractivity contribution is 0.0763. The molecular formula is C8H16FNO. The Morgan fingerprint density at radius 3 is 2.73 bits per heavy atom. The number of hydrogen-bond donors (Lipinski definition) is 2. The van der Waals surface area contributed by atoms with Crippen molar-refractivity contribution < 1.29 is 9.50 Å². The summed E-state index contributed by atoms with van der Waals surface area (Å²) in [5.41, 5.74) is 5.59. The maximum absolute atomic E-state index is 11.9. The van der Waals surface area contributed by atoms with Crippen molar-refractivity contribution in [1.29, 1.82) is 0 Å². The topological polar surface area (TPSA) is 46.2 Å². The zero-order valence-corrected chi connectivity index (χ0v) is 6.67. The van der Waals surface area contributed by atoms with E-state index >= 15 is 0 Å². The first-order chi connectivity index (χ1) is 5.24. The van der Waals surface area contributed by atoms with Crippen LogP contribution in [0.15, 0.2) is 0 Å². The van der Waals surface area contributed by atoms with E-state index in [1.165, 1.54) is 0 Å². The van der Waals surface area contributed by atoms with Gasteiger partial charge >= 0.3 is 0 Å². The maximum Gasteiger partial charge on any atom is 0.0897 e. The second kappa shape index (κ2) is 4.02. The summed E-state index contributed by atoms with van der Waals surface area (Å²) in [6, 6.07) is -0.0779. The Morgan fingerprint density at radius 2 is 2.18 bits per heavy atom. The molecule has 3 N–H and O–H groups in total. The summed E-state index contributed by atoms with van der Waals surface area (Å²) < 4.78 is 11.9. The fraction of sp³-hybridized carbons (Fsp3) is 1.00. The Bertz CT molecular complexity index is 121. The van der Waals surface area contributed by atoms with E-state index in [-0.39, 0.29) is 12.7 Å². The molecule has 66 valence electrons. The first-order valence-electron chi connectivity index (χ1n) is 4.23. The van der Waals surface area contributed by atoms with E-state index < -0.39 is 6.10 Å². The van der Waals surface area contributed by atoms with Crippen LogP contribution in [0, 0.1) is 5.92 Å². The van der Waals surface area contributed by atoms with Crippen molar-refractivity contribution in [3.05, 3.63) is 0 Å². The van der Waals surface area contributed by atoms with Crippen LogP contribution in [0.1, 0.15) is 25.7 Å². The van der Waals surface area contributed by atoms with Crippen molar-refractivity contribution >= 4 is 0 Å². The molecule has 0 aliphatic heterocycles. The van der Waals surface area contributed by atoms with E-state index in [0.29, 0.717) is 18.8 Å². The minimum Gasteiger partial charge on any atom is -0.392 e. The van der Waals surface area contributed by atoms with Crippen molar-refractivity contribution in [3.8, 4) is 0 Å². The van der Waals surface area contributed by atoms with Crippen molar-refractivity contribution in [1.82, 2.24) is 0 Å². The van der Waals surface area contributed by atoms with Crippen LogP contribution in [0.5, 0.6) is 0 Å². The third kappa shape index (κ3) is 2.42. The number of rotatable bonds is 2. The zero-order chi connectivity index (χ0) is 8.27. The molecular weight excluding hydrogens is 145 g/mol. The predicted molar refractivity (Wildman–Crippen MR) is 41.9 cm³/mol. The Labute approximate surface area is 66.6 Å². The van der Waals surface area contributed by atoms with Gasteiger partial charge < -0.3 is 10.8 Å². The fourth-order valence-corrected chi connectivity index (χ4v) is 1.67. The summed E-state index contributed by atoms with van der Waals surface area (Å²) in [4.78, 5) is 0. The van der Waals surface area contributed by atoms with Crippen molar-refractivity contribution in [2.24, 2.45) is 11.7 Å². The summed E-state index contributed by atoms with van der Waals surface area (Å²) >= 11 is 0. The van der Waals surface area contributed by atoms with Gasteiger partial charge in [-0.15, -0.1) is 0 Å². The molecule has 1 aliphatic rings. The summed E-state index contributed by atoms with van der Waals surface area (Å²) in [5, 5.41) is 9.33. The van der Waals surface area contributed by atoms with Crippen molar-refractivity contribution in [2.75, 3.05) is 6.67 Å². The van der Waals surface area contributed by atoms with Crippen LogP contribution in [0.2, 0.25) is 0 Å². The molecule has 1 fully saturated rings. The van der Waals surface area contributed by atoms with Gasteiger partial charge in [-0.2, -0.15) is 0 Å². The van der Waals surface area contributed by atoms with Crippen LogP contribution < -0.4 is 5.73 Å². The number of aliphatic hydroxyl groups excluding tert-OH is 1. The molecule has 3 unspecified atom stereocenters. The third-order valence-electron chi connectivity index (χ3n) is 2.49. The average Bonchev–Trinajstić information content (AvgIpc) is 1.98. The normalized spacial score (nSPS) is 39.0. The third-order valence-corrected chi connectivity index (χ3v) is 2.49. The number of hydrogen-bond acceptors (Lipinski definition) is 2. The fourth-order valence-electron chi connectivity index (χ4n) is 1.67. The summed E-state index contributed by atoms with van der Waals surface area (Å²) in [6.45, 7) is -0.271. The highest BCUT2D eigenvalue weighted by atomic mass is 19.1. The van der Waals surface area contributed by atoms with E-state index in [4.69, 9.17) is 5.73 Å². The lowest BCUT2D eigenvalue weighted by atomic mass is 9.83. The minimum atomic E-state index is -0.403. The zero-order valence-electron chi connectivity index (χ0n) is 6.67. The van der Waals surface area contributed by atoms with Crippen LogP contribution in [0.25, 0.3) is 0 Å². The van der Waals surface area contributed by atoms with Gasteiger partial charge in [-0.05, 0) is 31.6 Å². The van der Waals surface area contributed by atoms with Crippen molar-refractivity contribution in [3.63, 3.8) is 0 Å². The first kappa shape index (κ1) is 8.94. The van der Waals surface area contributed by atoms with Gasteiger partial charge in [-0.25, -0.2) is 0 Å². The van der Waals surface area contributed by atoms with Crippen LogP contribution in [0.3, 0.4) is 0 Å². The Hall–Kier alpha value is -0.150. The van der Waals surface area contributed by atoms with Gasteiger partial charge in [0.1, 0.15) is 0 Å². The lowest BCUT2D eigenvalue weighted by Crippen LogP contribution is -2.40. The van der Waals surface area contributed by atoms with E-state index in [2.05, 4.69) is 0 Å². The molecule has 1 saturated carbocycles. The molecule has 2 nitrogen and oxygen atoms in total. The van der Waals surface area contributed by atoms with Crippen LogP contribution in [0.4, 0.5) is 4.39 Å². The molecule has 0 aromatic rings. The molecule has 11 heavy (non-hydrogen) atoms. The van der Waals surface area contributed by atoms with Gasteiger partial charge in [0.2, 0.25) is 0 Å². The molecule has 3 heteroatoms. The molecule has 0 radical (unpaired) electrons. The van der Waals surface area contributed by atoms with Gasteiger partial charge in [-0.1, -0.05) is 0 Å². The highest BCUT2D eigenvalue weighted by Crippen LogP contribution is 2.26. The standard InChI is InChI=1S/C8H16FNO/c9-4-3-6-1-2-7(10)8(11)5-6/h6-8,11H,1-5,10H2. The molecule has 0 aromatic heterocycles. The van der Waals surface area contributed by atoms with E-state index in [9.17, 15) is 9.50 Å². The van der Waals surface area contributed by atoms with Crippen LogP contribution in [-0.2, 0) is 0 Å². The van der Waals surface area contributed by atoms with Crippen LogP contribution >= 0.6 is 0 Å². The van der Waals surface area contributed by atoms with Gasteiger partial charge in [0, 0.05) is 6.04 Å². The number of alkyl halides is 1. The van der Waals surface area contributed by atoms with Gasteiger partial charge in [-0.3, -0.25) is 4.39 Å². The van der Waals surface area contributed by atoms with E-state index in [1.807, 2.05) is 0 Å². The van der Waals surface area contributed by atoms with Gasteiger partial charge in [0.15, 0.2) is 0 Å². The molecule has 0 amide bonds. The first-order valence-corrected chi connectivity index (χ1v) is 4.23. The summed E-state index contributed by atoms with van der Waals surface area (Å²) in [6.07, 6.45) is 2.68. The summed E-state index contributed by atoms with van der Waals surface area (Å²) in [5.74, 6) is 0.356. The molecule has 3 atom stereocenters. The van der Waals surface area contributed by atoms with Gasteiger partial charge in [0.05, 0.1) is 12.8 Å². The quantitative estimate of drug-likeness (QED) is 0.630. The highest BCUT2D eigenvalue weighted by Gasteiger charge is 2.25. The average molecular weight is 161 g/mol. The number of halogens is 1. The second-order valence-electron chi connectivity index (χ2n) is 3.39. The Kier molecular flexibility index (Phi) is 3.27. The van der Waals surface area contributed by atoms with Crippen LogP contribution in [-0.4, -0.2) is 23.9 Å². The summed E-state index contributed by atoms with van der Waals surface area (Å²) in [7, 11) is 0. The smallest absolute Gasteiger partial charge is 0.0897 e. The second-order valence-corrected chi connectivity index (χ2v) is 3.39. The predicted octanol–water partition coefficient (Wildman–Crippen LogP) is 0.834. The molecule has 0 heterocycles. The SMILES string of the molecule is NC1CCC(CCF)CC1O. The molecule has 0 bridgehead atoms. The lowest BCUT2D eigenvalue weighted by Gasteiger charge is -2.30. The Balaban J connectivity index is 2.28. The molecule has 0 saturated heterocycles. The Morgan fingerprint density at radius 1 is 1.45 bits per heavy atom. The molecule has 1 aliphatic carbocycles. The minimum absolute atomic E-state index is 0.0779. The number of aliphatic hydroxyl groups is 1. The van der Waals surface area contributed by atoms with E-state index in [0.717, 1.165) is 12.8 Å². The largest absolute Gasteiger partial charge is 0.392 e.